The summed E-state index contributed by atoms with van der Waals surface area (Å²) in [5, 5.41) is 5.52. The summed E-state index contributed by atoms with van der Waals surface area (Å²) in [4.78, 5) is 37.1. The Bertz CT molecular complexity index is 613. The monoisotopic (exact) mass is 443 g/mol. The van der Waals surface area contributed by atoms with E-state index in [-0.39, 0.29) is 24.3 Å². The first kappa shape index (κ1) is 18.7. The molecule has 1 aliphatic rings. The Kier molecular flexibility index (Phi) is 7.01. The number of amides is 3. The normalized spacial score (nSPS) is 15.0. The molecule has 0 unspecified atom stereocenters. The topological polar surface area (TPSA) is 78.5 Å². The molecule has 0 bridgehead atoms. The molecule has 1 fully saturated rings. The minimum Gasteiger partial charge on any atom is -0.356 e. The molecular weight excluding hydrogens is 421 g/mol. The molecular formula is C17H22IN3O3. The van der Waals surface area contributed by atoms with E-state index in [0.717, 1.165) is 16.4 Å². The Morgan fingerprint density at radius 2 is 1.83 bits per heavy atom. The van der Waals surface area contributed by atoms with Gasteiger partial charge in [-0.3, -0.25) is 14.4 Å². The number of carbonyl (C=O) groups excluding carboxylic acids is 3. The molecule has 1 aromatic rings. The van der Waals surface area contributed by atoms with E-state index in [4.69, 9.17) is 0 Å². The zero-order chi connectivity index (χ0) is 17.5. The van der Waals surface area contributed by atoms with E-state index in [1.165, 1.54) is 6.92 Å². The van der Waals surface area contributed by atoms with Gasteiger partial charge in [0.15, 0.2) is 0 Å². The van der Waals surface area contributed by atoms with Crippen LogP contribution >= 0.6 is 22.6 Å². The number of nitrogens with zero attached hydrogens (tertiary/aromatic N) is 1. The molecule has 1 aliphatic heterocycles. The Labute approximate surface area is 155 Å². The summed E-state index contributed by atoms with van der Waals surface area (Å²) in [5.74, 6) is 0.103. The Balaban J connectivity index is 1.75. The summed E-state index contributed by atoms with van der Waals surface area (Å²) >= 11 is 2.10. The number of halogens is 1. The van der Waals surface area contributed by atoms with E-state index >= 15 is 0 Å². The van der Waals surface area contributed by atoms with Crippen LogP contribution in [0, 0.1) is 9.49 Å². The van der Waals surface area contributed by atoms with Gasteiger partial charge in [-0.15, -0.1) is 0 Å². The highest BCUT2D eigenvalue weighted by Crippen LogP contribution is 2.16. The average molecular weight is 443 g/mol. The summed E-state index contributed by atoms with van der Waals surface area (Å²) in [5.41, 5.74) is 0.583. The van der Waals surface area contributed by atoms with Crippen LogP contribution in [0.25, 0.3) is 0 Å². The van der Waals surface area contributed by atoms with Gasteiger partial charge in [-0.2, -0.15) is 0 Å². The number of piperidine rings is 1. The fourth-order valence-electron chi connectivity index (χ4n) is 2.68. The zero-order valence-electron chi connectivity index (χ0n) is 13.7. The van der Waals surface area contributed by atoms with Crippen molar-refractivity contribution >= 4 is 40.3 Å². The number of hydrogen-bond donors (Lipinski definition) is 2. The molecule has 2 N–H and O–H groups in total. The van der Waals surface area contributed by atoms with Gasteiger partial charge < -0.3 is 15.5 Å². The van der Waals surface area contributed by atoms with Gasteiger partial charge in [0.05, 0.1) is 12.1 Å². The Morgan fingerprint density at radius 3 is 2.46 bits per heavy atom. The number of benzene rings is 1. The number of likely N-dealkylation sites (tertiary alicyclic amines) is 1. The number of rotatable bonds is 5. The summed E-state index contributed by atoms with van der Waals surface area (Å²) in [6, 6.07) is 7.28. The number of carbonyl (C=O) groups is 3. The lowest BCUT2D eigenvalue weighted by Crippen LogP contribution is -2.45. The van der Waals surface area contributed by atoms with Gasteiger partial charge in [0, 0.05) is 30.1 Å². The number of hydrogen-bond acceptors (Lipinski definition) is 3. The van der Waals surface area contributed by atoms with Gasteiger partial charge in [-0.1, -0.05) is 12.1 Å². The SMILES string of the molecule is CC(=O)NCC1CCN(C(=O)CNC(=O)c2ccccc2I)CC1. The lowest BCUT2D eigenvalue weighted by Gasteiger charge is -2.32. The average Bonchev–Trinajstić information content (AvgIpc) is 2.58. The van der Waals surface area contributed by atoms with E-state index in [1.807, 2.05) is 12.1 Å². The first-order chi connectivity index (χ1) is 11.5. The quantitative estimate of drug-likeness (QED) is 0.676. The van der Waals surface area contributed by atoms with E-state index in [0.29, 0.717) is 31.1 Å². The van der Waals surface area contributed by atoms with Crippen LogP contribution in [0.15, 0.2) is 24.3 Å². The van der Waals surface area contributed by atoms with Crippen LogP contribution in [0.1, 0.15) is 30.1 Å². The van der Waals surface area contributed by atoms with Crippen molar-refractivity contribution in [3.63, 3.8) is 0 Å². The third kappa shape index (κ3) is 5.47. The van der Waals surface area contributed by atoms with Gasteiger partial charge in [-0.25, -0.2) is 0 Å². The second-order valence-electron chi connectivity index (χ2n) is 5.92. The van der Waals surface area contributed by atoms with Crippen LogP contribution in [0.3, 0.4) is 0 Å². The van der Waals surface area contributed by atoms with Gasteiger partial charge in [-0.05, 0) is 53.5 Å². The van der Waals surface area contributed by atoms with Gasteiger partial charge in [0.2, 0.25) is 11.8 Å². The molecule has 1 heterocycles. The van der Waals surface area contributed by atoms with Crippen molar-refractivity contribution in [2.24, 2.45) is 5.92 Å². The minimum atomic E-state index is -0.228. The molecule has 0 aliphatic carbocycles. The first-order valence-corrected chi connectivity index (χ1v) is 9.10. The van der Waals surface area contributed by atoms with E-state index in [9.17, 15) is 14.4 Å². The van der Waals surface area contributed by atoms with Crippen LogP contribution < -0.4 is 10.6 Å². The maximum Gasteiger partial charge on any atom is 0.252 e. The van der Waals surface area contributed by atoms with Crippen molar-refractivity contribution < 1.29 is 14.4 Å². The second kappa shape index (κ2) is 9.00. The first-order valence-electron chi connectivity index (χ1n) is 8.02. The van der Waals surface area contributed by atoms with E-state index < -0.39 is 0 Å². The smallest absolute Gasteiger partial charge is 0.252 e. The minimum absolute atomic E-state index is 0.0141. The van der Waals surface area contributed by atoms with Crippen molar-refractivity contribution in [3.05, 3.63) is 33.4 Å². The van der Waals surface area contributed by atoms with Gasteiger partial charge >= 0.3 is 0 Å². The van der Waals surface area contributed by atoms with E-state index in [2.05, 4.69) is 33.2 Å². The summed E-state index contributed by atoms with van der Waals surface area (Å²) < 4.78 is 0.860. The fourth-order valence-corrected chi connectivity index (χ4v) is 3.32. The second-order valence-corrected chi connectivity index (χ2v) is 7.09. The largest absolute Gasteiger partial charge is 0.356 e. The predicted molar refractivity (Wildman–Crippen MR) is 99.5 cm³/mol. The highest BCUT2D eigenvalue weighted by atomic mass is 127. The van der Waals surface area contributed by atoms with E-state index in [1.54, 1.807) is 17.0 Å². The van der Waals surface area contributed by atoms with Crippen molar-refractivity contribution in [3.8, 4) is 0 Å². The van der Waals surface area contributed by atoms with Crippen molar-refractivity contribution in [2.75, 3.05) is 26.2 Å². The molecule has 3 amide bonds. The molecule has 1 saturated heterocycles. The van der Waals surface area contributed by atoms with Crippen LogP contribution in [-0.4, -0.2) is 48.8 Å². The molecule has 0 saturated carbocycles. The molecule has 7 heteroatoms. The van der Waals surface area contributed by atoms with Gasteiger partial charge in [0.1, 0.15) is 0 Å². The molecule has 2 rings (SSSR count). The zero-order valence-corrected chi connectivity index (χ0v) is 15.8. The molecule has 6 nitrogen and oxygen atoms in total. The highest BCUT2D eigenvalue weighted by molar-refractivity contribution is 14.1. The molecule has 0 radical (unpaired) electrons. The molecule has 0 atom stereocenters. The van der Waals surface area contributed by atoms with Gasteiger partial charge in [0.25, 0.3) is 5.91 Å². The standard InChI is InChI=1S/C17H22IN3O3/c1-12(22)19-10-13-6-8-21(9-7-13)16(23)11-20-17(24)14-4-2-3-5-15(14)18/h2-5,13H,6-11H2,1H3,(H,19,22)(H,20,24). The number of nitrogens with one attached hydrogen (secondary N) is 2. The summed E-state index contributed by atoms with van der Waals surface area (Å²) in [6.45, 7) is 3.53. The maximum atomic E-state index is 12.2. The summed E-state index contributed by atoms with van der Waals surface area (Å²) in [6.07, 6.45) is 1.74. The highest BCUT2D eigenvalue weighted by Gasteiger charge is 2.23. The fraction of sp³-hybridized carbons (Fsp3) is 0.471. The Morgan fingerprint density at radius 1 is 1.17 bits per heavy atom. The maximum absolute atomic E-state index is 12.2. The molecule has 24 heavy (non-hydrogen) atoms. The van der Waals surface area contributed by atoms with Crippen molar-refractivity contribution in [1.82, 2.24) is 15.5 Å². The van der Waals surface area contributed by atoms with Crippen LogP contribution in [-0.2, 0) is 9.59 Å². The van der Waals surface area contributed by atoms with Crippen molar-refractivity contribution in [2.45, 2.75) is 19.8 Å². The third-order valence-electron chi connectivity index (χ3n) is 4.13. The third-order valence-corrected chi connectivity index (χ3v) is 5.07. The lowest BCUT2D eigenvalue weighted by atomic mass is 9.96. The van der Waals surface area contributed by atoms with Crippen LogP contribution in [0.4, 0.5) is 0 Å². The summed E-state index contributed by atoms with van der Waals surface area (Å²) in [7, 11) is 0. The van der Waals surface area contributed by atoms with Crippen LogP contribution in [0.5, 0.6) is 0 Å². The van der Waals surface area contributed by atoms with Crippen LogP contribution in [0.2, 0.25) is 0 Å². The molecule has 130 valence electrons. The van der Waals surface area contributed by atoms with Crippen molar-refractivity contribution in [1.29, 1.82) is 0 Å². The molecule has 0 spiro atoms. The predicted octanol–water partition coefficient (Wildman–Crippen LogP) is 1.40. The molecule has 1 aromatic carbocycles. The molecule has 0 aromatic heterocycles. The Hall–Kier alpha value is -1.64. The lowest BCUT2D eigenvalue weighted by molar-refractivity contribution is -0.131.